The van der Waals surface area contributed by atoms with Crippen LogP contribution in [0, 0.1) is 0 Å². The van der Waals surface area contributed by atoms with E-state index in [1.807, 2.05) is 29.2 Å². The molecule has 3 heterocycles. The lowest BCUT2D eigenvalue weighted by molar-refractivity contribution is -0.133. The Hall–Kier alpha value is -4.83. The van der Waals surface area contributed by atoms with Crippen molar-refractivity contribution in [3.05, 3.63) is 105 Å². The standard InChI is InChI=1S/C35H35ClN4O6/c36-24-10-8-23(9-11-24)20-28(37-33(43)32-22-30(42)27-13-12-25(41)21-31(27)46-32)35(45)40-18-16-38(17-19-40)29-7-3-2-6-26(29)34(44)39-14-4-1-5-15-39/h2-3,6-13,21-22,28,41H,1,4-5,14-20H2,(H,37,43)/t28-/m1/s1. The second kappa shape index (κ2) is 13.7. The van der Waals surface area contributed by atoms with E-state index in [0.717, 1.165) is 49.7 Å². The van der Waals surface area contributed by atoms with Crippen LogP contribution in [0.3, 0.4) is 0 Å². The molecule has 1 atom stereocenters. The molecule has 11 heteroatoms. The Kier molecular flexibility index (Phi) is 9.25. The third-order valence-electron chi connectivity index (χ3n) is 8.60. The van der Waals surface area contributed by atoms with Crippen LogP contribution in [0.15, 0.2) is 82.0 Å². The second-order valence-electron chi connectivity index (χ2n) is 11.7. The number of phenols is 1. The number of nitrogens with zero attached hydrogens (tertiary/aromatic N) is 3. The van der Waals surface area contributed by atoms with Crippen molar-refractivity contribution >= 4 is 46.0 Å². The monoisotopic (exact) mass is 642 g/mol. The van der Waals surface area contributed by atoms with Crippen molar-refractivity contribution in [3.8, 4) is 5.75 Å². The summed E-state index contributed by atoms with van der Waals surface area (Å²) in [7, 11) is 0. The number of carbonyl (C=O) groups excluding carboxylic acids is 3. The van der Waals surface area contributed by atoms with Crippen LogP contribution >= 0.6 is 11.6 Å². The molecular weight excluding hydrogens is 608 g/mol. The van der Waals surface area contributed by atoms with E-state index in [-0.39, 0.29) is 40.7 Å². The Morgan fingerprint density at radius 1 is 0.848 bits per heavy atom. The number of rotatable bonds is 7. The van der Waals surface area contributed by atoms with E-state index in [4.69, 9.17) is 16.0 Å². The van der Waals surface area contributed by atoms with E-state index in [0.29, 0.717) is 36.8 Å². The third kappa shape index (κ3) is 6.87. The first-order chi connectivity index (χ1) is 22.3. The van der Waals surface area contributed by atoms with Crippen LogP contribution in [0.25, 0.3) is 11.0 Å². The average Bonchev–Trinajstić information content (AvgIpc) is 3.08. The Bertz CT molecular complexity index is 1810. The first kappa shape index (κ1) is 31.2. The molecular formula is C35H35ClN4O6. The number of amides is 3. The topological polar surface area (TPSA) is 123 Å². The van der Waals surface area contributed by atoms with Crippen molar-refractivity contribution in [1.82, 2.24) is 15.1 Å². The summed E-state index contributed by atoms with van der Waals surface area (Å²) in [6, 6.07) is 18.8. The third-order valence-corrected chi connectivity index (χ3v) is 8.85. The van der Waals surface area contributed by atoms with Crippen LogP contribution in [0.2, 0.25) is 5.02 Å². The van der Waals surface area contributed by atoms with Gasteiger partial charge in [0.15, 0.2) is 11.2 Å². The van der Waals surface area contributed by atoms with Gasteiger partial charge >= 0.3 is 0 Å². The first-order valence-corrected chi connectivity index (χ1v) is 15.9. The molecule has 0 bridgehead atoms. The smallest absolute Gasteiger partial charge is 0.287 e. The van der Waals surface area contributed by atoms with Gasteiger partial charge in [-0.1, -0.05) is 35.9 Å². The zero-order chi connectivity index (χ0) is 32.2. The molecule has 0 spiro atoms. The second-order valence-corrected chi connectivity index (χ2v) is 12.1. The summed E-state index contributed by atoms with van der Waals surface area (Å²) in [4.78, 5) is 59.2. The van der Waals surface area contributed by atoms with Crippen LogP contribution in [0.4, 0.5) is 5.69 Å². The molecule has 2 aliphatic rings. The maximum atomic E-state index is 14.0. The highest BCUT2D eigenvalue weighted by Crippen LogP contribution is 2.25. The number of anilines is 1. The average molecular weight is 643 g/mol. The summed E-state index contributed by atoms with van der Waals surface area (Å²) in [5.74, 6) is -1.34. The zero-order valence-electron chi connectivity index (χ0n) is 25.3. The first-order valence-electron chi connectivity index (χ1n) is 15.5. The number of phenolic OH excluding ortho intramolecular Hbond substituents is 1. The van der Waals surface area contributed by atoms with Crippen LogP contribution in [0.5, 0.6) is 5.75 Å². The van der Waals surface area contributed by atoms with Gasteiger partial charge in [-0.25, -0.2) is 0 Å². The number of fused-ring (bicyclic) bond motifs is 1. The molecule has 238 valence electrons. The lowest BCUT2D eigenvalue weighted by Gasteiger charge is -2.38. The normalized spacial score (nSPS) is 15.9. The van der Waals surface area contributed by atoms with Crippen molar-refractivity contribution in [2.75, 3.05) is 44.2 Å². The van der Waals surface area contributed by atoms with E-state index in [9.17, 15) is 24.3 Å². The van der Waals surface area contributed by atoms with Crippen LogP contribution in [-0.2, 0) is 11.2 Å². The highest BCUT2D eigenvalue weighted by molar-refractivity contribution is 6.30. The Morgan fingerprint density at radius 3 is 2.30 bits per heavy atom. The van der Waals surface area contributed by atoms with Crippen molar-refractivity contribution in [2.24, 2.45) is 0 Å². The molecule has 0 aliphatic carbocycles. The summed E-state index contributed by atoms with van der Waals surface area (Å²) in [5, 5.41) is 13.4. The molecule has 2 N–H and O–H groups in total. The number of aromatic hydroxyl groups is 1. The minimum absolute atomic E-state index is 0.0371. The molecule has 6 rings (SSSR count). The SMILES string of the molecule is O=C(N[C@H](Cc1ccc(Cl)cc1)C(=O)N1CCN(c2ccccc2C(=O)N2CCCCC2)CC1)c1cc(=O)c2ccc(O)cc2o1. The molecule has 4 aromatic rings. The molecule has 0 saturated carbocycles. The summed E-state index contributed by atoms with van der Waals surface area (Å²) in [6.45, 7) is 3.34. The molecule has 46 heavy (non-hydrogen) atoms. The number of para-hydroxylation sites is 1. The number of piperidine rings is 1. The van der Waals surface area contributed by atoms with Gasteiger partial charge < -0.3 is 29.5 Å². The number of piperazine rings is 1. The molecule has 3 aromatic carbocycles. The molecule has 10 nitrogen and oxygen atoms in total. The number of nitrogens with one attached hydrogen (secondary N) is 1. The number of carbonyl (C=O) groups is 3. The van der Waals surface area contributed by atoms with Gasteiger partial charge in [-0.2, -0.15) is 0 Å². The lowest BCUT2D eigenvalue weighted by Crippen LogP contribution is -2.56. The van der Waals surface area contributed by atoms with Gasteiger partial charge in [0.2, 0.25) is 5.91 Å². The highest BCUT2D eigenvalue weighted by Gasteiger charge is 2.31. The fourth-order valence-electron chi connectivity index (χ4n) is 6.13. The van der Waals surface area contributed by atoms with Gasteiger partial charge in [0, 0.05) is 68.5 Å². The maximum absolute atomic E-state index is 14.0. The Morgan fingerprint density at radius 2 is 1.57 bits per heavy atom. The Labute approximate surface area is 271 Å². The Balaban J connectivity index is 1.19. The molecule has 0 unspecified atom stereocenters. The van der Waals surface area contributed by atoms with Crippen LogP contribution < -0.4 is 15.6 Å². The molecule has 2 fully saturated rings. The fourth-order valence-corrected chi connectivity index (χ4v) is 6.25. The minimum atomic E-state index is -0.960. The summed E-state index contributed by atoms with van der Waals surface area (Å²) < 4.78 is 5.66. The summed E-state index contributed by atoms with van der Waals surface area (Å²) in [6.07, 6.45) is 3.36. The quantitative estimate of drug-likeness (QED) is 0.305. The van der Waals surface area contributed by atoms with Crippen molar-refractivity contribution < 1.29 is 23.9 Å². The van der Waals surface area contributed by atoms with E-state index in [2.05, 4.69) is 10.2 Å². The van der Waals surface area contributed by atoms with E-state index in [1.54, 1.807) is 29.2 Å². The molecule has 2 saturated heterocycles. The van der Waals surface area contributed by atoms with E-state index < -0.39 is 17.4 Å². The maximum Gasteiger partial charge on any atom is 0.287 e. The van der Waals surface area contributed by atoms with Gasteiger partial charge in [-0.05, 0) is 61.2 Å². The van der Waals surface area contributed by atoms with Gasteiger partial charge in [0.1, 0.15) is 17.4 Å². The van der Waals surface area contributed by atoms with E-state index in [1.165, 1.54) is 18.2 Å². The summed E-state index contributed by atoms with van der Waals surface area (Å²) in [5.41, 5.74) is 1.93. The molecule has 3 amide bonds. The summed E-state index contributed by atoms with van der Waals surface area (Å²) >= 11 is 6.08. The van der Waals surface area contributed by atoms with Gasteiger partial charge in [0.05, 0.1) is 10.9 Å². The van der Waals surface area contributed by atoms with Crippen molar-refractivity contribution in [3.63, 3.8) is 0 Å². The van der Waals surface area contributed by atoms with E-state index >= 15 is 0 Å². The van der Waals surface area contributed by atoms with Crippen LogP contribution in [0.1, 0.15) is 45.7 Å². The largest absolute Gasteiger partial charge is 0.508 e. The van der Waals surface area contributed by atoms with Gasteiger partial charge in [-0.3, -0.25) is 19.2 Å². The van der Waals surface area contributed by atoms with Crippen LogP contribution in [-0.4, -0.2) is 77.9 Å². The number of hydrogen-bond donors (Lipinski definition) is 2. The fraction of sp³-hybridized carbons (Fsp3) is 0.314. The molecule has 0 radical (unpaired) electrons. The molecule has 1 aromatic heterocycles. The number of hydrogen-bond acceptors (Lipinski definition) is 7. The highest BCUT2D eigenvalue weighted by atomic mass is 35.5. The number of benzene rings is 3. The van der Waals surface area contributed by atoms with Crippen molar-refractivity contribution in [2.45, 2.75) is 31.7 Å². The zero-order valence-corrected chi connectivity index (χ0v) is 26.0. The van der Waals surface area contributed by atoms with Gasteiger partial charge in [0.25, 0.3) is 11.8 Å². The number of likely N-dealkylation sites (tertiary alicyclic amines) is 1. The molecule has 2 aliphatic heterocycles. The minimum Gasteiger partial charge on any atom is -0.508 e. The lowest BCUT2D eigenvalue weighted by atomic mass is 10.0. The van der Waals surface area contributed by atoms with Crippen molar-refractivity contribution in [1.29, 1.82) is 0 Å². The predicted molar refractivity (Wildman–Crippen MR) is 176 cm³/mol. The predicted octanol–water partition coefficient (Wildman–Crippen LogP) is 4.47. The van der Waals surface area contributed by atoms with Gasteiger partial charge in [-0.15, -0.1) is 0 Å². The number of halogens is 1.